The quantitative estimate of drug-likeness (QED) is 0.496. The van der Waals surface area contributed by atoms with Gasteiger partial charge >= 0.3 is 6.36 Å². The van der Waals surface area contributed by atoms with Crippen molar-refractivity contribution in [2.75, 3.05) is 12.3 Å². The Morgan fingerprint density at radius 1 is 1.09 bits per heavy atom. The SMILES string of the molecule is Cc1ccc(C)c(-n2c(C)nnc2SCC(=O)NCCc2ccc(OC(F)(F)F)cc2)c1. The zero-order chi connectivity index (χ0) is 23.3. The second-order valence-electron chi connectivity index (χ2n) is 7.24. The molecule has 0 radical (unpaired) electrons. The number of hydrogen-bond acceptors (Lipinski definition) is 5. The van der Waals surface area contributed by atoms with Gasteiger partial charge in [-0.1, -0.05) is 36.0 Å². The minimum absolute atomic E-state index is 0.166. The second kappa shape index (κ2) is 10.1. The molecular formula is C22H23F3N4O2S. The number of aryl methyl sites for hydroxylation is 3. The molecule has 0 bridgehead atoms. The van der Waals surface area contributed by atoms with E-state index in [1.165, 1.54) is 36.0 Å². The van der Waals surface area contributed by atoms with Gasteiger partial charge in [0, 0.05) is 6.54 Å². The molecule has 0 saturated heterocycles. The smallest absolute Gasteiger partial charge is 0.406 e. The number of rotatable bonds is 8. The number of nitrogens with zero attached hydrogens (tertiary/aromatic N) is 3. The van der Waals surface area contributed by atoms with E-state index in [0.29, 0.717) is 18.1 Å². The normalized spacial score (nSPS) is 11.4. The summed E-state index contributed by atoms with van der Waals surface area (Å²) in [7, 11) is 0. The summed E-state index contributed by atoms with van der Waals surface area (Å²) in [5.74, 6) is 0.464. The van der Waals surface area contributed by atoms with Crippen LogP contribution in [0.3, 0.4) is 0 Å². The van der Waals surface area contributed by atoms with E-state index < -0.39 is 6.36 Å². The molecule has 1 heterocycles. The van der Waals surface area contributed by atoms with Gasteiger partial charge in [0.1, 0.15) is 11.6 Å². The molecule has 0 aliphatic heterocycles. The molecule has 1 aromatic heterocycles. The minimum atomic E-state index is -4.71. The van der Waals surface area contributed by atoms with E-state index in [-0.39, 0.29) is 17.4 Å². The Morgan fingerprint density at radius 2 is 1.81 bits per heavy atom. The lowest BCUT2D eigenvalue weighted by Gasteiger charge is -2.12. The molecule has 10 heteroatoms. The van der Waals surface area contributed by atoms with E-state index >= 15 is 0 Å². The first-order chi connectivity index (χ1) is 15.1. The van der Waals surface area contributed by atoms with E-state index in [1.807, 2.05) is 37.5 Å². The third-order valence-electron chi connectivity index (χ3n) is 4.63. The molecular weight excluding hydrogens is 441 g/mol. The number of alkyl halides is 3. The summed E-state index contributed by atoms with van der Waals surface area (Å²) >= 11 is 1.29. The minimum Gasteiger partial charge on any atom is -0.406 e. The lowest BCUT2D eigenvalue weighted by Crippen LogP contribution is -2.27. The van der Waals surface area contributed by atoms with E-state index in [9.17, 15) is 18.0 Å². The monoisotopic (exact) mass is 464 g/mol. The fraction of sp³-hybridized carbons (Fsp3) is 0.318. The lowest BCUT2D eigenvalue weighted by atomic mass is 10.1. The second-order valence-corrected chi connectivity index (χ2v) is 8.18. The van der Waals surface area contributed by atoms with Crippen LogP contribution >= 0.6 is 11.8 Å². The van der Waals surface area contributed by atoms with Crippen LogP contribution in [0, 0.1) is 20.8 Å². The number of hydrogen-bond donors (Lipinski definition) is 1. The Labute approximate surface area is 188 Å². The molecule has 2 aromatic carbocycles. The van der Waals surface area contributed by atoms with Crippen molar-refractivity contribution in [2.45, 2.75) is 38.7 Å². The van der Waals surface area contributed by atoms with Gasteiger partial charge < -0.3 is 10.1 Å². The average Bonchev–Trinajstić information content (AvgIpc) is 3.08. The highest BCUT2D eigenvalue weighted by atomic mass is 32.2. The highest BCUT2D eigenvalue weighted by Gasteiger charge is 2.30. The topological polar surface area (TPSA) is 69.0 Å². The molecule has 170 valence electrons. The van der Waals surface area contributed by atoms with Crippen LogP contribution in [0.25, 0.3) is 5.69 Å². The summed E-state index contributed by atoms with van der Waals surface area (Å²) in [5.41, 5.74) is 3.97. The molecule has 0 unspecified atom stereocenters. The van der Waals surface area contributed by atoms with E-state index in [1.54, 1.807) is 0 Å². The van der Waals surface area contributed by atoms with Crippen LogP contribution in [-0.2, 0) is 11.2 Å². The van der Waals surface area contributed by atoms with Gasteiger partial charge in [-0.3, -0.25) is 9.36 Å². The molecule has 0 aliphatic carbocycles. The molecule has 3 rings (SSSR count). The van der Waals surface area contributed by atoms with Crippen molar-refractivity contribution in [1.29, 1.82) is 0 Å². The first kappa shape index (κ1) is 23.6. The Bertz CT molecular complexity index is 1080. The highest BCUT2D eigenvalue weighted by Crippen LogP contribution is 2.25. The summed E-state index contributed by atoms with van der Waals surface area (Å²) < 4.78 is 42.4. The maximum Gasteiger partial charge on any atom is 0.573 e. The molecule has 0 saturated carbocycles. The van der Waals surface area contributed by atoms with Crippen LogP contribution in [0.15, 0.2) is 47.6 Å². The van der Waals surface area contributed by atoms with Crippen LogP contribution in [0.4, 0.5) is 13.2 Å². The van der Waals surface area contributed by atoms with E-state index in [0.717, 1.165) is 28.2 Å². The molecule has 0 atom stereocenters. The Morgan fingerprint density at radius 3 is 2.50 bits per heavy atom. The third-order valence-corrected chi connectivity index (χ3v) is 5.55. The van der Waals surface area contributed by atoms with Crippen LogP contribution in [0.2, 0.25) is 0 Å². The van der Waals surface area contributed by atoms with E-state index in [2.05, 4.69) is 26.3 Å². The predicted octanol–water partition coefficient (Wildman–Crippen LogP) is 4.54. The summed E-state index contributed by atoms with van der Waals surface area (Å²) in [4.78, 5) is 12.3. The van der Waals surface area contributed by atoms with Gasteiger partial charge in [-0.2, -0.15) is 0 Å². The average molecular weight is 465 g/mol. The fourth-order valence-corrected chi connectivity index (χ4v) is 3.88. The standard InChI is InChI=1S/C22H23F3N4O2S/c1-14-4-5-15(2)19(12-14)29-16(3)27-28-21(29)32-13-20(30)26-11-10-17-6-8-18(9-7-17)31-22(23,24)25/h4-9,12H,10-11,13H2,1-3H3,(H,26,30). The van der Waals surface area contributed by atoms with Gasteiger partial charge in [0.25, 0.3) is 0 Å². The Balaban J connectivity index is 1.51. The molecule has 3 aromatic rings. The van der Waals surface area contributed by atoms with Gasteiger partial charge in [-0.05, 0) is 62.1 Å². The first-order valence-electron chi connectivity index (χ1n) is 9.86. The molecule has 1 amide bonds. The number of nitrogens with one attached hydrogen (secondary N) is 1. The number of carbonyl (C=O) groups is 1. The third kappa shape index (κ3) is 6.49. The molecule has 1 N–H and O–H groups in total. The zero-order valence-corrected chi connectivity index (χ0v) is 18.7. The zero-order valence-electron chi connectivity index (χ0n) is 17.9. The number of aromatic nitrogens is 3. The van der Waals surface area contributed by atoms with Crippen molar-refractivity contribution in [2.24, 2.45) is 0 Å². The van der Waals surface area contributed by atoms with E-state index in [4.69, 9.17) is 0 Å². The lowest BCUT2D eigenvalue weighted by molar-refractivity contribution is -0.274. The molecule has 0 spiro atoms. The molecule has 6 nitrogen and oxygen atoms in total. The summed E-state index contributed by atoms with van der Waals surface area (Å²) in [5, 5.41) is 11.8. The number of thioether (sulfide) groups is 1. The predicted molar refractivity (Wildman–Crippen MR) is 116 cm³/mol. The largest absolute Gasteiger partial charge is 0.573 e. The summed E-state index contributed by atoms with van der Waals surface area (Å²) in [6, 6.07) is 11.7. The molecule has 32 heavy (non-hydrogen) atoms. The van der Waals surface area contributed by atoms with Crippen molar-refractivity contribution in [1.82, 2.24) is 20.1 Å². The Kier molecular flexibility index (Phi) is 7.44. The Hall–Kier alpha value is -3.01. The van der Waals surface area contributed by atoms with Gasteiger partial charge in [-0.25, -0.2) is 0 Å². The van der Waals surface area contributed by atoms with Crippen LogP contribution in [-0.4, -0.2) is 39.3 Å². The molecule has 0 aliphatic rings. The summed E-state index contributed by atoms with van der Waals surface area (Å²) in [6.45, 7) is 6.25. The van der Waals surface area contributed by atoms with Crippen LogP contribution < -0.4 is 10.1 Å². The van der Waals surface area contributed by atoms with Gasteiger partial charge in [-0.15, -0.1) is 23.4 Å². The van der Waals surface area contributed by atoms with Gasteiger partial charge in [0.2, 0.25) is 5.91 Å². The first-order valence-corrected chi connectivity index (χ1v) is 10.8. The van der Waals surface area contributed by atoms with Gasteiger partial charge in [0.15, 0.2) is 5.16 Å². The van der Waals surface area contributed by atoms with Crippen molar-refractivity contribution in [3.63, 3.8) is 0 Å². The fourth-order valence-electron chi connectivity index (χ4n) is 3.06. The van der Waals surface area contributed by atoms with Crippen molar-refractivity contribution < 1.29 is 22.7 Å². The maximum atomic E-state index is 12.3. The maximum absolute atomic E-state index is 12.3. The number of halogens is 3. The summed E-state index contributed by atoms with van der Waals surface area (Å²) in [6.07, 6.45) is -4.23. The van der Waals surface area contributed by atoms with Crippen molar-refractivity contribution in [3.05, 3.63) is 65.0 Å². The van der Waals surface area contributed by atoms with Crippen molar-refractivity contribution in [3.8, 4) is 11.4 Å². The number of benzene rings is 2. The molecule has 0 fully saturated rings. The van der Waals surface area contributed by atoms with Crippen molar-refractivity contribution >= 4 is 17.7 Å². The number of amides is 1. The van der Waals surface area contributed by atoms with Crippen LogP contribution in [0.1, 0.15) is 22.5 Å². The number of ether oxygens (including phenoxy) is 1. The van der Waals surface area contributed by atoms with Gasteiger partial charge in [0.05, 0.1) is 11.4 Å². The number of carbonyl (C=O) groups excluding carboxylic acids is 1. The van der Waals surface area contributed by atoms with Crippen LogP contribution in [0.5, 0.6) is 5.75 Å². The highest BCUT2D eigenvalue weighted by molar-refractivity contribution is 7.99.